The highest BCUT2D eigenvalue weighted by Gasteiger charge is 2.11. The average molecular weight is 353 g/mol. The van der Waals surface area contributed by atoms with Gasteiger partial charge in [-0.25, -0.2) is 0 Å². The molecule has 1 aromatic heterocycles. The molecule has 3 aromatic rings. The van der Waals surface area contributed by atoms with Crippen LogP contribution in [0, 0.1) is 0 Å². The van der Waals surface area contributed by atoms with E-state index in [4.69, 9.17) is 9.47 Å². The summed E-state index contributed by atoms with van der Waals surface area (Å²) in [4.78, 5) is 12.6. The van der Waals surface area contributed by atoms with Gasteiger partial charge in [0.2, 0.25) is 0 Å². The maximum absolute atomic E-state index is 12.6. The van der Waals surface area contributed by atoms with Gasteiger partial charge in [0, 0.05) is 11.1 Å². The predicted octanol–water partition coefficient (Wildman–Crippen LogP) is 3.76. The van der Waals surface area contributed by atoms with Crippen LogP contribution in [0.1, 0.15) is 29.8 Å². The smallest absolute Gasteiger partial charge is 0.257 e. The monoisotopic (exact) mass is 353 g/mol. The van der Waals surface area contributed by atoms with Crippen molar-refractivity contribution in [3.63, 3.8) is 0 Å². The predicted molar refractivity (Wildman–Crippen MR) is 101 cm³/mol. The van der Waals surface area contributed by atoms with Crippen LogP contribution in [-0.4, -0.2) is 35.4 Å². The second kappa shape index (κ2) is 8.60. The van der Waals surface area contributed by atoms with Crippen LogP contribution < -0.4 is 5.32 Å². The van der Waals surface area contributed by atoms with E-state index in [1.165, 1.54) is 0 Å². The highest BCUT2D eigenvalue weighted by atomic mass is 16.5. The molecule has 0 aliphatic carbocycles. The topological polar surface area (TPSA) is 76.2 Å². The molecule has 1 amide bonds. The lowest BCUT2D eigenvalue weighted by molar-refractivity contribution is 0.0143. The normalized spacial score (nSPS) is 11.2. The first-order chi connectivity index (χ1) is 12.6. The third-order valence-electron chi connectivity index (χ3n) is 3.85. The Hall–Kier alpha value is -2.70. The van der Waals surface area contributed by atoms with Crippen LogP contribution in [0.3, 0.4) is 0 Å². The van der Waals surface area contributed by atoms with Crippen molar-refractivity contribution in [3.05, 3.63) is 59.8 Å². The van der Waals surface area contributed by atoms with Crippen molar-refractivity contribution in [1.82, 2.24) is 10.2 Å². The number of aromatic amines is 1. The van der Waals surface area contributed by atoms with Gasteiger partial charge < -0.3 is 14.8 Å². The molecule has 2 N–H and O–H groups in total. The molecule has 0 spiro atoms. The van der Waals surface area contributed by atoms with E-state index in [-0.39, 0.29) is 12.0 Å². The number of para-hydroxylation sites is 1. The quantitative estimate of drug-likeness (QED) is 0.605. The molecule has 0 saturated heterocycles. The maximum atomic E-state index is 12.6. The minimum Gasteiger partial charge on any atom is -0.376 e. The number of aromatic nitrogens is 2. The Kier molecular flexibility index (Phi) is 5.99. The third-order valence-corrected chi connectivity index (χ3v) is 3.85. The number of hydrogen-bond acceptors (Lipinski definition) is 4. The number of nitrogens with one attached hydrogen (secondary N) is 2. The minimum absolute atomic E-state index is 0.178. The average Bonchev–Trinajstić information content (AvgIpc) is 3.10. The zero-order valence-electron chi connectivity index (χ0n) is 15.0. The molecule has 3 rings (SSSR count). The van der Waals surface area contributed by atoms with Gasteiger partial charge in [0.15, 0.2) is 0 Å². The largest absolute Gasteiger partial charge is 0.376 e. The Balaban J connectivity index is 1.60. The summed E-state index contributed by atoms with van der Waals surface area (Å²) in [5.74, 6) is -0.178. The number of rotatable bonds is 8. The number of fused-ring (bicyclic) bond motifs is 1. The van der Waals surface area contributed by atoms with Gasteiger partial charge in [-0.2, -0.15) is 5.10 Å². The van der Waals surface area contributed by atoms with Crippen LogP contribution in [0.5, 0.6) is 0 Å². The standard InChI is InChI=1S/C20H23N3O3/c1-14(2)26-10-9-25-13-15-5-3-7-17(11-15)22-20(24)18-8-4-6-16-12-21-23-19(16)18/h3-8,11-12,14H,9-10,13H2,1-2H3,(H,21,23)(H,22,24). The molecule has 136 valence electrons. The van der Waals surface area contributed by atoms with Gasteiger partial charge in [0.25, 0.3) is 5.91 Å². The van der Waals surface area contributed by atoms with Crippen LogP contribution in [0.4, 0.5) is 5.69 Å². The lowest BCUT2D eigenvalue weighted by atomic mass is 10.1. The van der Waals surface area contributed by atoms with E-state index in [0.29, 0.717) is 25.4 Å². The number of H-pyrrole nitrogens is 1. The Morgan fingerprint density at radius 2 is 2.04 bits per heavy atom. The highest BCUT2D eigenvalue weighted by Crippen LogP contribution is 2.18. The summed E-state index contributed by atoms with van der Waals surface area (Å²) < 4.78 is 11.1. The molecule has 0 fully saturated rings. The molecule has 0 unspecified atom stereocenters. The molecule has 26 heavy (non-hydrogen) atoms. The van der Waals surface area contributed by atoms with Gasteiger partial charge in [0.05, 0.1) is 43.2 Å². The second-order valence-corrected chi connectivity index (χ2v) is 6.27. The number of hydrogen-bond donors (Lipinski definition) is 2. The lowest BCUT2D eigenvalue weighted by Gasteiger charge is -2.10. The molecule has 6 nitrogen and oxygen atoms in total. The molecule has 0 bridgehead atoms. The summed E-state index contributed by atoms with van der Waals surface area (Å²) in [6, 6.07) is 13.2. The number of carbonyl (C=O) groups is 1. The van der Waals surface area contributed by atoms with Gasteiger partial charge in [-0.1, -0.05) is 24.3 Å². The summed E-state index contributed by atoms with van der Waals surface area (Å²) >= 11 is 0. The Morgan fingerprint density at radius 3 is 2.88 bits per heavy atom. The first kappa shape index (κ1) is 18.1. The number of anilines is 1. The molecule has 0 aliphatic heterocycles. The molecular formula is C20H23N3O3. The van der Waals surface area contributed by atoms with Gasteiger partial charge >= 0.3 is 0 Å². The first-order valence-corrected chi connectivity index (χ1v) is 8.65. The Morgan fingerprint density at radius 1 is 1.19 bits per heavy atom. The number of benzene rings is 2. The zero-order valence-corrected chi connectivity index (χ0v) is 15.0. The summed E-state index contributed by atoms with van der Waals surface area (Å²) in [6.45, 7) is 5.58. The van der Waals surface area contributed by atoms with Gasteiger partial charge in [-0.15, -0.1) is 0 Å². The molecule has 6 heteroatoms. The van der Waals surface area contributed by atoms with E-state index >= 15 is 0 Å². The van der Waals surface area contributed by atoms with E-state index in [1.807, 2.05) is 50.2 Å². The van der Waals surface area contributed by atoms with E-state index in [2.05, 4.69) is 15.5 Å². The SMILES string of the molecule is CC(C)OCCOCc1cccc(NC(=O)c2cccc3cn[nH]c23)c1. The van der Waals surface area contributed by atoms with Crippen LogP contribution in [0.2, 0.25) is 0 Å². The summed E-state index contributed by atoms with van der Waals surface area (Å²) in [7, 11) is 0. The summed E-state index contributed by atoms with van der Waals surface area (Å²) in [5, 5.41) is 10.7. The van der Waals surface area contributed by atoms with E-state index in [9.17, 15) is 4.79 Å². The van der Waals surface area contributed by atoms with Crippen molar-refractivity contribution in [2.45, 2.75) is 26.6 Å². The fraction of sp³-hybridized carbons (Fsp3) is 0.300. The van der Waals surface area contributed by atoms with Crippen LogP contribution >= 0.6 is 0 Å². The molecule has 0 radical (unpaired) electrons. The lowest BCUT2D eigenvalue weighted by Crippen LogP contribution is -2.13. The van der Waals surface area contributed by atoms with Crippen LogP contribution in [0.25, 0.3) is 10.9 Å². The van der Waals surface area contributed by atoms with E-state index in [1.54, 1.807) is 12.3 Å². The number of carbonyl (C=O) groups excluding carboxylic acids is 1. The van der Waals surface area contributed by atoms with Crippen molar-refractivity contribution in [1.29, 1.82) is 0 Å². The van der Waals surface area contributed by atoms with Crippen molar-refractivity contribution >= 4 is 22.5 Å². The van der Waals surface area contributed by atoms with Crippen LogP contribution in [-0.2, 0) is 16.1 Å². The summed E-state index contributed by atoms with van der Waals surface area (Å²) in [6.07, 6.45) is 1.91. The number of amides is 1. The van der Waals surface area contributed by atoms with Gasteiger partial charge in [0.1, 0.15) is 0 Å². The maximum Gasteiger partial charge on any atom is 0.257 e. The second-order valence-electron chi connectivity index (χ2n) is 6.27. The van der Waals surface area contributed by atoms with Crippen molar-refractivity contribution < 1.29 is 14.3 Å². The van der Waals surface area contributed by atoms with Crippen molar-refractivity contribution in [2.75, 3.05) is 18.5 Å². The van der Waals surface area contributed by atoms with E-state index in [0.717, 1.165) is 22.2 Å². The molecule has 0 saturated carbocycles. The summed E-state index contributed by atoms with van der Waals surface area (Å²) in [5.41, 5.74) is 3.01. The number of nitrogens with zero attached hydrogens (tertiary/aromatic N) is 1. The molecule has 2 aromatic carbocycles. The first-order valence-electron chi connectivity index (χ1n) is 8.65. The van der Waals surface area contributed by atoms with Gasteiger partial charge in [-0.05, 0) is 37.6 Å². The zero-order chi connectivity index (χ0) is 18.4. The Labute approximate surface area is 152 Å². The third kappa shape index (κ3) is 4.68. The van der Waals surface area contributed by atoms with Gasteiger partial charge in [-0.3, -0.25) is 9.89 Å². The molecule has 1 heterocycles. The minimum atomic E-state index is -0.178. The van der Waals surface area contributed by atoms with E-state index < -0.39 is 0 Å². The van der Waals surface area contributed by atoms with Crippen LogP contribution in [0.15, 0.2) is 48.7 Å². The fourth-order valence-electron chi connectivity index (χ4n) is 2.63. The molecule has 0 atom stereocenters. The molecular weight excluding hydrogens is 330 g/mol. The van der Waals surface area contributed by atoms with Crippen molar-refractivity contribution in [3.8, 4) is 0 Å². The van der Waals surface area contributed by atoms with Crippen molar-refractivity contribution in [2.24, 2.45) is 0 Å². The fourth-order valence-corrected chi connectivity index (χ4v) is 2.63. The number of ether oxygens (including phenoxy) is 2. The highest BCUT2D eigenvalue weighted by molar-refractivity contribution is 6.11. The Bertz CT molecular complexity index is 873. The molecule has 0 aliphatic rings.